The maximum Gasteiger partial charge on any atom is 0.170 e. The lowest BCUT2D eigenvalue weighted by molar-refractivity contribution is 0.171. The quantitative estimate of drug-likeness (QED) is 0.491. The summed E-state index contributed by atoms with van der Waals surface area (Å²) in [5, 5.41) is 7.18. The maximum absolute atomic E-state index is 5.71. The van der Waals surface area contributed by atoms with Crippen LogP contribution in [0.1, 0.15) is 6.42 Å². The monoisotopic (exact) mass is 394 g/mol. The third-order valence-corrected chi connectivity index (χ3v) is 4.71. The minimum absolute atomic E-state index is 0.573. The fourth-order valence-electron chi connectivity index (χ4n) is 3.10. The van der Waals surface area contributed by atoms with Crippen LogP contribution in [0.4, 0.5) is 5.69 Å². The molecule has 1 aliphatic heterocycles. The average molecular weight is 395 g/mol. The van der Waals surface area contributed by atoms with Crippen molar-refractivity contribution in [1.29, 1.82) is 0 Å². The fourth-order valence-corrected chi connectivity index (χ4v) is 3.32. The van der Waals surface area contributed by atoms with Crippen molar-refractivity contribution in [2.24, 2.45) is 0 Å². The molecular formula is C21H22N4O2S. The van der Waals surface area contributed by atoms with Crippen LogP contribution in [-0.4, -0.2) is 34.4 Å². The first-order valence-corrected chi connectivity index (χ1v) is 9.70. The van der Waals surface area contributed by atoms with E-state index < -0.39 is 0 Å². The standard InChI is InChI=1S/C21H22N4O2S/c28-21(23-8-3-10-25-11-9-22-15-25)24-18-5-2-1-4-17(18)16-6-7-19-20(14-16)27-13-12-26-19/h1-2,4-7,9,11,14-15H,3,8,10,12-13H2,(H2,23,24,28). The van der Waals surface area contributed by atoms with E-state index in [1.54, 1.807) is 6.20 Å². The smallest absolute Gasteiger partial charge is 0.170 e. The molecule has 0 bridgehead atoms. The van der Waals surface area contributed by atoms with Crippen molar-refractivity contribution in [3.05, 3.63) is 61.2 Å². The van der Waals surface area contributed by atoms with Crippen molar-refractivity contribution in [3.8, 4) is 22.6 Å². The summed E-state index contributed by atoms with van der Waals surface area (Å²) in [6, 6.07) is 14.1. The van der Waals surface area contributed by atoms with Gasteiger partial charge in [0.2, 0.25) is 0 Å². The third kappa shape index (κ3) is 4.43. The summed E-state index contributed by atoms with van der Waals surface area (Å²) in [6.45, 7) is 2.86. The number of ether oxygens (including phenoxy) is 2. The number of rotatable bonds is 6. The lowest BCUT2D eigenvalue weighted by Gasteiger charge is -2.20. The molecule has 28 heavy (non-hydrogen) atoms. The molecule has 2 aromatic carbocycles. The highest BCUT2D eigenvalue weighted by Crippen LogP contribution is 2.36. The van der Waals surface area contributed by atoms with Crippen LogP contribution in [0.2, 0.25) is 0 Å². The SMILES string of the molecule is S=C(NCCCn1ccnc1)Nc1ccccc1-c1ccc2c(c1)OCCO2. The van der Waals surface area contributed by atoms with Gasteiger partial charge in [-0.1, -0.05) is 24.3 Å². The van der Waals surface area contributed by atoms with Gasteiger partial charge in [-0.15, -0.1) is 0 Å². The second-order valence-corrected chi connectivity index (χ2v) is 6.85. The Kier molecular flexibility index (Phi) is 5.72. The minimum atomic E-state index is 0.573. The summed E-state index contributed by atoms with van der Waals surface area (Å²) >= 11 is 5.47. The van der Waals surface area contributed by atoms with Crippen molar-refractivity contribution in [2.75, 3.05) is 25.1 Å². The zero-order valence-electron chi connectivity index (χ0n) is 15.4. The second kappa shape index (κ2) is 8.75. The van der Waals surface area contributed by atoms with Gasteiger partial charge in [-0.05, 0) is 42.4 Å². The number of thiocarbonyl (C=S) groups is 1. The number of benzene rings is 2. The summed E-state index contributed by atoms with van der Waals surface area (Å²) < 4.78 is 13.4. The van der Waals surface area contributed by atoms with Crippen molar-refractivity contribution < 1.29 is 9.47 Å². The second-order valence-electron chi connectivity index (χ2n) is 6.44. The molecule has 144 valence electrons. The van der Waals surface area contributed by atoms with Crippen molar-refractivity contribution in [3.63, 3.8) is 0 Å². The van der Waals surface area contributed by atoms with E-state index in [9.17, 15) is 0 Å². The van der Waals surface area contributed by atoms with Gasteiger partial charge in [-0.3, -0.25) is 0 Å². The van der Waals surface area contributed by atoms with Crippen LogP contribution in [0.3, 0.4) is 0 Å². The van der Waals surface area contributed by atoms with Crippen LogP contribution in [0.15, 0.2) is 61.2 Å². The van der Waals surface area contributed by atoms with Crippen LogP contribution < -0.4 is 20.1 Å². The molecule has 3 aromatic rings. The number of imidazole rings is 1. The number of hydrogen-bond donors (Lipinski definition) is 2. The van der Waals surface area contributed by atoms with Crippen LogP contribution in [0, 0.1) is 0 Å². The molecule has 0 aliphatic carbocycles. The Hall–Kier alpha value is -3.06. The van der Waals surface area contributed by atoms with Gasteiger partial charge in [0.1, 0.15) is 13.2 Å². The molecule has 0 radical (unpaired) electrons. The largest absolute Gasteiger partial charge is 0.486 e. The van der Waals surface area contributed by atoms with E-state index in [-0.39, 0.29) is 0 Å². The zero-order valence-corrected chi connectivity index (χ0v) is 16.2. The first-order chi connectivity index (χ1) is 13.8. The number of anilines is 1. The molecule has 0 unspecified atom stereocenters. The van der Waals surface area contributed by atoms with Gasteiger partial charge < -0.3 is 24.7 Å². The molecule has 1 aromatic heterocycles. The van der Waals surface area contributed by atoms with Gasteiger partial charge in [-0.25, -0.2) is 4.98 Å². The Morgan fingerprint density at radius 2 is 1.96 bits per heavy atom. The van der Waals surface area contributed by atoms with E-state index in [0.29, 0.717) is 18.3 Å². The minimum Gasteiger partial charge on any atom is -0.486 e. The highest BCUT2D eigenvalue weighted by Gasteiger charge is 2.14. The maximum atomic E-state index is 5.71. The van der Waals surface area contributed by atoms with Crippen molar-refractivity contribution in [1.82, 2.24) is 14.9 Å². The predicted octanol–water partition coefficient (Wildman–Crippen LogP) is 3.70. The van der Waals surface area contributed by atoms with Gasteiger partial charge in [0.05, 0.1) is 6.33 Å². The molecule has 0 saturated heterocycles. The molecule has 0 atom stereocenters. The Labute approximate surface area is 169 Å². The number of nitrogens with zero attached hydrogens (tertiary/aromatic N) is 2. The van der Waals surface area contributed by atoms with Gasteiger partial charge in [-0.2, -0.15) is 0 Å². The highest BCUT2D eigenvalue weighted by atomic mass is 32.1. The Bertz CT molecular complexity index is 943. The molecule has 0 fully saturated rings. The topological polar surface area (TPSA) is 60.3 Å². The van der Waals surface area contributed by atoms with Gasteiger partial charge >= 0.3 is 0 Å². The summed E-state index contributed by atoms with van der Waals surface area (Å²) in [6.07, 6.45) is 6.52. The number of aromatic nitrogens is 2. The number of para-hydroxylation sites is 1. The summed E-state index contributed by atoms with van der Waals surface area (Å²) in [5.74, 6) is 1.56. The van der Waals surface area contributed by atoms with E-state index in [1.807, 2.05) is 48.9 Å². The number of nitrogens with one attached hydrogen (secondary N) is 2. The van der Waals surface area contributed by atoms with E-state index in [4.69, 9.17) is 21.7 Å². The Morgan fingerprint density at radius 3 is 2.82 bits per heavy atom. The van der Waals surface area contributed by atoms with E-state index in [0.717, 1.165) is 47.8 Å². The highest BCUT2D eigenvalue weighted by molar-refractivity contribution is 7.80. The summed E-state index contributed by atoms with van der Waals surface area (Å²) in [7, 11) is 0. The number of fused-ring (bicyclic) bond motifs is 1. The van der Waals surface area contributed by atoms with E-state index in [2.05, 4.69) is 26.3 Å². The number of aryl methyl sites for hydroxylation is 1. The fraction of sp³-hybridized carbons (Fsp3) is 0.238. The van der Waals surface area contributed by atoms with Crippen LogP contribution in [-0.2, 0) is 6.54 Å². The Morgan fingerprint density at radius 1 is 1.11 bits per heavy atom. The molecule has 0 saturated carbocycles. The molecule has 0 spiro atoms. The molecule has 0 amide bonds. The molecule has 4 rings (SSSR count). The number of hydrogen-bond acceptors (Lipinski definition) is 4. The molecule has 6 nitrogen and oxygen atoms in total. The van der Waals surface area contributed by atoms with E-state index in [1.165, 1.54) is 0 Å². The van der Waals surface area contributed by atoms with Crippen LogP contribution in [0.25, 0.3) is 11.1 Å². The molecule has 2 heterocycles. The summed E-state index contributed by atoms with van der Waals surface area (Å²) in [5.41, 5.74) is 3.06. The van der Waals surface area contributed by atoms with E-state index >= 15 is 0 Å². The van der Waals surface area contributed by atoms with Crippen molar-refractivity contribution >= 4 is 23.0 Å². The zero-order chi connectivity index (χ0) is 19.2. The molecule has 2 N–H and O–H groups in total. The van der Waals surface area contributed by atoms with Gasteiger partial charge in [0.15, 0.2) is 16.6 Å². The summed E-state index contributed by atoms with van der Waals surface area (Å²) in [4.78, 5) is 4.04. The van der Waals surface area contributed by atoms with Gasteiger partial charge in [0.25, 0.3) is 0 Å². The Balaban J connectivity index is 1.39. The van der Waals surface area contributed by atoms with Crippen molar-refractivity contribution in [2.45, 2.75) is 13.0 Å². The van der Waals surface area contributed by atoms with Gasteiger partial charge in [0, 0.05) is 36.7 Å². The normalized spacial score (nSPS) is 12.4. The molecule has 7 heteroatoms. The first-order valence-electron chi connectivity index (χ1n) is 9.29. The van der Waals surface area contributed by atoms with Crippen LogP contribution >= 0.6 is 12.2 Å². The van der Waals surface area contributed by atoms with Crippen LogP contribution in [0.5, 0.6) is 11.5 Å². The molecular weight excluding hydrogens is 372 g/mol. The lowest BCUT2D eigenvalue weighted by atomic mass is 10.0. The average Bonchev–Trinajstić information content (AvgIpc) is 3.25. The first kappa shape index (κ1) is 18.3. The molecule has 1 aliphatic rings. The third-order valence-electron chi connectivity index (χ3n) is 4.47. The lowest BCUT2D eigenvalue weighted by Crippen LogP contribution is -2.29. The predicted molar refractivity (Wildman–Crippen MR) is 114 cm³/mol.